The summed E-state index contributed by atoms with van der Waals surface area (Å²) in [6, 6.07) is 3.84. The monoisotopic (exact) mass is 246 g/mol. The number of benzene rings is 1. The van der Waals surface area contributed by atoms with E-state index in [0.29, 0.717) is 12.2 Å². The third-order valence-corrected chi connectivity index (χ3v) is 2.46. The number of alkyl halides is 3. The number of hydrogen-bond acceptors (Lipinski definition) is 2. The summed E-state index contributed by atoms with van der Waals surface area (Å²) < 4.78 is 37.7. The molecule has 0 heterocycles. The molecular formula is C12H17F3N2. The molecule has 0 aliphatic rings. The van der Waals surface area contributed by atoms with Crippen molar-refractivity contribution in [2.75, 3.05) is 25.5 Å². The predicted octanol–water partition coefficient (Wildman–Crippen LogP) is 2.88. The molecule has 1 aromatic rings. The van der Waals surface area contributed by atoms with Crippen molar-refractivity contribution < 1.29 is 13.2 Å². The largest absolute Gasteiger partial charge is 0.416 e. The lowest BCUT2D eigenvalue weighted by molar-refractivity contribution is -0.137. The highest BCUT2D eigenvalue weighted by Gasteiger charge is 2.31. The number of nitrogens with one attached hydrogen (secondary N) is 1. The van der Waals surface area contributed by atoms with Crippen molar-refractivity contribution in [3.63, 3.8) is 0 Å². The molecule has 1 N–H and O–H groups in total. The Balaban J connectivity index is 3.08. The quantitative estimate of drug-likeness (QED) is 0.878. The molecule has 96 valence electrons. The van der Waals surface area contributed by atoms with Crippen LogP contribution >= 0.6 is 0 Å². The second kappa shape index (κ2) is 5.40. The Labute approximate surface area is 99.4 Å². The van der Waals surface area contributed by atoms with Gasteiger partial charge in [-0.15, -0.1) is 0 Å². The summed E-state index contributed by atoms with van der Waals surface area (Å²) in [6.07, 6.45) is -4.29. The fourth-order valence-corrected chi connectivity index (χ4v) is 1.57. The van der Waals surface area contributed by atoms with Gasteiger partial charge in [0.2, 0.25) is 0 Å². The summed E-state index contributed by atoms with van der Waals surface area (Å²) in [5, 5.41) is 3.11. The van der Waals surface area contributed by atoms with E-state index in [9.17, 15) is 13.2 Å². The molecule has 0 saturated carbocycles. The lowest BCUT2D eigenvalue weighted by Crippen LogP contribution is -2.18. The second-order valence-corrected chi connectivity index (χ2v) is 4.02. The van der Waals surface area contributed by atoms with Crippen LogP contribution in [0.4, 0.5) is 18.9 Å². The highest BCUT2D eigenvalue weighted by Crippen LogP contribution is 2.32. The van der Waals surface area contributed by atoms with Crippen molar-refractivity contribution in [2.45, 2.75) is 19.6 Å². The molecule has 0 aliphatic heterocycles. The van der Waals surface area contributed by atoms with Gasteiger partial charge < -0.3 is 10.2 Å². The summed E-state index contributed by atoms with van der Waals surface area (Å²) in [4.78, 5) is 1.70. The molecule has 0 aromatic heterocycles. The Hall–Kier alpha value is -1.23. The molecule has 0 spiro atoms. The lowest BCUT2D eigenvalue weighted by atomic mass is 10.1. The van der Waals surface area contributed by atoms with Crippen molar-refractivity contribution >= 4 is 5.69 Å². The maximum absolute atomic E-state index is 12.6. The molecular weight excluding hydrogens is 229 g/mol. The number of nitrogens with zero attached hydrogens (tertiary/aromatic N) is 1. The Kier molecular flexibility index (Phi) is 4.40. The predicted molar refractivity (Wildman–Crippen MR) is 63.2 cm³/mol. The minimum Gasteiger partial charge on any atom is -0.377 e. The number of halogens is 3. The van der Waals surface area contributed by atoms with Crippen molar-refractivity contribution in [1.29, 1.82) is 0 Å². The first kappa shape index (κ1) is 13.8. The van der Waals surface area contributed by atoms with Crippen LogP contribution in [0.2, 0.25) is 0 Å². The summed E-state index contributed by atoms with van der Waals surface area (Å²) in [7, 11) is 3.48. The van der Waals surface area contributed by atoms with Gasteiger partial charge in [-0.05, 0) is 24.2 Å². The van der Waals surface area contributed by atoms with E-state index in [4.69, 9.17) is 0 Å². The zero-order valence-corrected chi connectivity index (χ0v) is 10.2. The number of hydrogen-bond donors (Lipinski definition) is 1. The van der Waals surface area contributed by atoms with E-state index in [1.807, 2.05) is 6.92 Å². The van der Waals surface area contributed by atoms with Crippen LogP contribution in [-0.2, 0) is 12.7 Å². The van der Waals surface area contributed by atoms with Gasteiger partial charge in [0.25, 0.3) is 0 Å². The summed E-state index contributed by atoms with van der Waals surface area (Å²) in [6.45, 7) is 3.31. The molecule has 0 saturated heterocycles. The highest BCUT2D eigenvalue weighted by molar-refractivity contribution is 5.55. The lowest BCUT2D eigenvalue weighted by Gasteiger charge is -2.19. The van der Waals surface area contributed by atoms with Gasteiger partial charge in [0.05, 0.1) is 5.56 Å². The normalized spacial score (nSPS) is 11.6. The Morgan fingerprint density at radius 1 is 1.24 bits per heavy atom. The number of rotatable bonds is 4. The Morgan fingerprint density at radius 3 is 2.35 bits per heavy atom. The molecule has 0 aliphatic carbocycles. The topological polar surface area (TPSA) is 15.3 Å². The van der Waals surface area contributed by atoms with E-state index in [2.05, 4.69) is 5.32 Å². The van der Waals surface area contributed by atoms with Gasteiger partial charge in [-0.2, -0.15) is 13.2 Å². The highest BCUT2D eigenvalue weighted by atomic mass is 19.4. The fraction of sp³-hybridized carbons (Fsp3) is 0.500. The molecule has 2 nitrogen and oxygen atoms in total. The summed E-state index contributed by atoms with van der Waals surface area (Å²) >= 11 is 0. The van der Waals surface area contributed by atoms with Crippen LogP contribution in [0.5, 0.6) is 0 Å². The molecule has 0 atom stereocenters. The van der Waals surface area contributed by atoms with E-state index in [1.54, 1.807) is 19.0 Å². The smallest absolute Gasteiger partial charge is 0.377 e. The van der Waals surface area contributed by atoms with Crippen LogP contribution in [0.15, 0.2) is 18.2 Å². The first-order chi connectivity index (χ1) is 7.86. The second-order valence-electron chi connectivity index (χ2n) is 4.02. The van der Waals surface area contributed by atoms with Crippen molar-refractivity contribution in [1.82, 2.24) is 5.32 Å². The maximum atomic E-state index is 12.6. The molecule has 1 rings (SSSR count). The van der Waals surface area contributed by atoms with Gasteiger partial charge in [-0.1, -0.05) is 13.0 Å². The van der Waals surface area contributed by atoms with Crippen molar-refractivity contribution in [3.05, 3.63) is 29.3 Å². The van der Waals surface area contributed by atoms with E-state index in [1.165, 1.54) is 12.1 Å². The zero-order chi connectivity index (χ0) is 13.1. The Morgan fingerprint density at radius 2 is 1.88 bits per heavy atom. The Bertz CT molecular complexity index is 373. The van der Waals surface area contributed by atoms with E-state index in [0.717, 1.165) is 18.2 Å². The third-order valence-electron chi connectivity index (χ3n) is 2.46. The van der Waals surface area contributed by atoms with Crippen LogP contribution in [0.1, 0.15) is 18.1 Å². The van der Waals surface area contributed by atoms with Gasteiger partial charge in [0, 0.05) is 26.3 Å². The van der Waals surface area contributed by atoms with E-state index in [-0.39, 0.29) is 0 Å². The van der Waals surface area contributed by atoms with Crippen LogP contribution in [0, 0.1) is 0 Å². The van der Waals surface area contributed by atoms with Crippen LogP contribution < -0.4 is 10.2 Å². The first-order valence-electron chi connectivity index (χ1n) is 5.44. The van der Waals surface area contributed by atoms with Gasteiger partial charge in [0.1, 0.15) is 0 Å². The van der Waals surface area contributed by atoms with Crippen LogP contribution in [-0.4, -0.2) is 20.6 Å². The first-order valence-corrected chi connectivity index (χ1v) is 5.44. The van der Waals surface area contributed by atoms with Crippen molar-refractivity contribution in [2.24, 2.45) is 0 Å². The average Bonchev–Trinajstić information content (AvgIpc) is 2.24. The SMILES string of the molecule is CCNCc1ccc(C(F)(F)F)cc1N(C)C. The number of anilines is 1. The van der Waals surface area contributed by atoms with Gasteiger partial charge in [0.15, 0.2) is 0 Å². The molecule has 0 radical (unpaired) electrons. The van der Waals surface area contributed by atoms with E-state index >= 15 is 0 Å². The minimum absolute atomic E-state index is 0.572. The van der Waals surface area contributed by atoms with Crippen LogP contribution in [0.25, 0.3) is 0 Å². The fourth-order valence-electron chi connectivity index (χ4n) is 1.57. The minimum atomic E-state index is -4.29. The molecule has 0 unspecified atom stereocenters. The van der Waals surface area contributed by atoms with Gasteiger partial charge in [-0.25, -0.2) is 0 Å². The molecule has 17 heavy (non-hydrogen) atoms. The molecule has 0 fully saturated rings. The zero-order valence-electron chi connectivity index (χ0n) is 10.2. The summed E-state index contributed by atoms with van der Waals surface area (Å²) in [5.41, 5.74) is 0.854. The molecule has 0 bridgehead atoms. The standard InChI is InChI=1S/C12H17F3N2/c1-4-16-8-9-5-6-10(12(13,14)15)7-11(9)17(2)3/h5-7,16H,4,8H2,1-3H3. The van der Waals surface area contributed by atoms with Gasteiger partial charge >= 0.3 is 6.18 Å². The van der Waals surface area contributed by atoms with Crippen LogP contribution in [0.3, 0.4) is 0 Å². The maximum Gasteiger partial charge on any atom is 0.416 e. The summed E-state index contributed by atoms with van der Waals surface area (Å²) in [5.74, 6) is 0. The van der Waals surface area contributed by atoms with Gasteiger partial charge in [-0.3, -0.25) is 0 Å². The van der Waals surface area contributed by atoms with E-state index < -0.39 is 11.7 Å². The average molecular weight is 246 g/mol. The third kappa shape index (κ3) is 3.63. The van der Waals surface area contributed by atoms with Crippen molar-refractivity contribution in [3.8, 4) is 0 Å². The molecule has 0 amide bonds. The molecule has 1 aromatic carbocycles. The molecule has 5 heteroatoms.